The van der Waals surface area contributed by atoms with Crippen LogP contribution in [-0.2, 0) is 16.0 Å². The molecule has 0 saturated carbocycles. The van der Waals surface area contributed by atoms with Crippen molar-refractivity contribution in [1.29, 1.82) is 0 Å². The summed E-state index contributed by atoms with van der Waals surface area (Å²) in [5.74, 6) is -0.399. The van der Waals surface area contributed by atoms with Gasteiger partial charge in [-0.15, -0.1) is 22.7 Å². The molecule has 1 N–H and O–H groups in total. The lowest BCUT2D eigenvalue weighted by molar-refractivity contribution is -0.141. The molecule has 0 spiro atoms. The monoisotopic (exact) mass is 610 g/mol. The van der Waals surface area contributed by atoms with Crippen LogP contribution in [0.25, 0.3) is 20.2 Å². The van der Waals surface area contributed by atoms with Crippen LogP contribution in [0.2, 0.25) is 0 Å². The Labute approximate surface area is 252 Å². The van der Waals surface area contributed by atoms with E-state index in [0.717, 1.165) is 31.5 Å². The van der Waals surface area contributed by atoms with E-state index >= 15 is 0 Å². The van der Waals surface area contributed by atoms with E-state index in [0.29, 0.717) is 40.7 Å². The van der Waals surface area contributed by atoms with Crippen LogP contribution in [0.15, 0.2) is 36.4 Å². The van der Waals surface area contributed by atoms with Crippen LogP contribution in [0.5, 0.6) is 17.2 Å². The predicted octanol–water partition coefficient (Wildman–Crippen LogP) is 7.24. The average Bonchev–Trinajstić information content (AvgIpc) is 3.57. The summed E-state index contributed by atoms with van der Waals surface area (Å²) in [7, 11) is 3.18. The number of carbonyl (C=O) groups excluding carboxylic acids is 3. The maximum atomic E-state index is 12.7. The Balaban J connectivity index is 1.43. The highest BCUT2D eigenvalue weighted by Crippen LogP contribution is 2.38. The molecule has 0 aliphatic heterocycles. The number of rotatable bonds is 15. The minimum absolute atomic E-state index is 0.00261. The summed E-state index contributed by atoms with van der Waals surface area (Å²) in [6, 6.07) is 11.3. The van der Waals surface area contributed by atoms with E-state index in [2.05, 4.69) is 0 Å². The smallest absolute Gasteiger partial charge is 0.306 e. The van der Waals surface area contributed by atoms with Crippen molar-refractivity contribution in [3.63, 3.8) is 0 Å². The lowest BCUT2D eigenvalue weighted by atomic mass is 10.0. The summed E-state index contributed by atoms with van der Waals surface area (Å²) < 4.78 is 19.1. The van der Waals surface area contributed by atoms with Crippen LogP contribution in [-0.4, -0.2) is 49.3 Å². The first kappa shape index (κ1) is 31.2. The summed E-state index contributed by atoms with van der Waals surface area (Å²) in [5.41, 5.74) is 0.979. The van der Waals surface area contributed by atoms with Gasteiger partial charge in [0, 0.05) is 34.2 Å². The van der Waals surface area contributed by atoms with E-state index in [-0.39, 0.29) is 36.1 Å². The number of ether oxygens (including phenoxy) is 3. The van der Waals surface area contributed by atoms with Crippen molar-refractivity contribution in [3.05, 3.63) is 51.7 Å². The van der Waals surface area contributed by atoms with E-state index in [1.54, 1.807) is 21.1 Å². The maximum absolute atomic E-state index is 12.7. The number of hydrogen-bond acceptors (Lipinski definition) is 9. The van der Waals surface area contributed by atoms with E-state index < -0.39 is 11.9 Å². The Morgan fingerprint density at radius 3 is 1.86 bits per heavy atom. The molecule has 222 valence electrons. The highest BCUT2D eigenvalue weighted by atomic mass is 32.1. The second-order valence-electron chi connectivity index (χ2n) is 10.4. The Morgan fingerprint density at radius 2 is 1.31 bits per heavy atom. The third kappa shape index (κ3) is 7.17. The second kappa shape index (κ2) is 13.5. The Morgan fingerprint density at radius 1 is 0.762 bits per heavy atom. The summed E-state index contributed by atoms with van der Waals surface area (Å²) in [6.45, 7) is 5.21. The number of benzene rings is 2. The molecule has 8 nitrogen and oxygen atoms in total. The summed E-state index contributed by atoms with van der Waals surface area (Å²) in [6.07, 6.45) is 1.50. The van der Waals surface area contributed by atoms with Crippen molar-refractivity contribution in [1.82, 2.24) is 0 Å². The van der Waals surface area contributed by atoms with Gasteiger partial charge in [-0.25, -0.2) is 0 Å². The molecule has 0 amide bonds. The van der Waals surface area contributed by atoms with Gasteiger partial charge in [-0.2, -0.15) is 0 Å². The van der Waals surface area contributed by atoms with Crippen molar-refractivity contribution in [2.75, 3.05) is 20.8 Å². The zero-order valence-corrected chi connectivity index (χ0v) is 25.9. The minimum atomic E-state index is -0.987. The predicted molar refractivity (Wildman–Crippen MR) is 165 cm³/mol. The van der Waals surface area contributed by atoms with Gasteiger partial charge in [0.1, 0.15) is 11.5 Å². The third-order valence-electron chi connectivity index (χ3n) is 7.22. The van der Waals surface area contributed by atoms with Crippen molar-refractivity contribution in [2.24, 2.45) is 11.8 Å². The van der Waals surface area contributed by atoms with E-state index in [1.807, 2.05) is 36.4 Å². The van der Waals surface area contributed by atoms with Gasteiger partial charge in [-0.3, -0.25) is 19.2 Å². The van der Waals surface area contributed by atoms with Crippen LogP contribution in [0.3, 0.4) is 0 Å². The summed E-state index contributed by atoms with van der Waals surface area (Å²) >= 11 is 2.72. The molecule has 2 atom stereocenters. The zero-order valence-electron chi connectivity index (χ0n) is 24.3. The fourth-order valence-corrected chi connectivity index (χ4v) is 6.57. The van der Waals surface area contributed by atoms with Crippen molar-refractivity contribution >= 4 is 66.2 Å². The molecule has 0 radical (unpaired) electrons. The molecule has 2 heterocycles. The van der Waals surface area contributed by atoms with E-state index in [4.69, 9.17) is 19.3 Å². The Bertz CT molecular complexity index is 1530. The number of thiophene rings is 2. The number of aryl methyl sites for hydroxylation is 1. The maximum Gasteiger partial charge on any atom is 0.306 e. The van der Waals surface area contributed by atoms with Crippen LogP contribution in [0, 0.1) is 11.8 Å². The number of methoxy groups -OCH3 is 2. The van der Waals surface area contributed by atoms with Crippen molar-refractivity contribution < 1.29 is 38.5 Å². The molecule has 0 bridgehead atoms. The van der Waals surface area contributed by atoms with Crippen molar-refractivity contribution in [2.45, 2.75) is 46.5 Å². The van der Waals surface area contributed by atoms with Crippen molar-refractivity contribution in [3.8, 4) is 17.2 Å². The lowest BCUT2D eigenvalue weighted by Gasteiger charge is -2.12. The van der Waals surface area contributed by atoms with Gasteiger partial charge in [0.15, 0.2) is 23.1 Å². The van der Waals surface area contributed by atoms with Gasteiger partial charge in [0.05, 0.1) is 36.5 Å². The Kier molecular flexibility index (Phi) is 10.0. The van der Waals surface area contributed by atoms with Gasteiger partial charge >= 0.3 is 5.97 Å². The number of carbonyl (C=O) groups is 4. The first-order valence-corrected chi connectivity index (χ1v) is 15.3. The van der Waals surface area contributed by atoms with Crippen LogP contribution in [0.4, 0.5) is 0 Å². The highest BCUT2D eigenvalue weighted by Gasteiger charge is 2.20. The number of Topliss-reactive ketones (excluding diaryl/α,β-unsaturated/α-hetero) is 3. The molecular formula is C32H34O8S2. The van der Waals surface area contributed by atoms with E-state index in [9.17, 15) is 19.2 Å². The molecule has 4 aromatic rings. The molecular weight excluding hydrogens is 576 g/mol. The average molecular weight is 611 g/mol. The number of aliphatic carboxylic acids is 1. The molecule has 4 rings (SSSR count). The quantitative estimate of drug-likeness (QED) is 0.111. The first-order chi connectivity index (χ1) is 20.0. The number of carboxylic acid groups (broad SMARTS) is 1. The summed E-state index contributed by atoms with van der Waals surface area (Å²) in [5, 5.41) is 10.9. The molecule has 2 aromatic carbocycles. The molecule has 0 aliphatic rings. The Hall–Kier alpha value is -3.76. The molecule has 2 aromatic heterocycles. The lowest BCUT2D eigenvalue weighted by Crippen LogP contribution is -2.13. The topological polar surface area (TPSA) is 116 Å². The minimum Gasteiger partial charge on any atom is -0.496 e. The van der Waals surface area contributed by atoms with Gasteiger partial charge in [-0.1, -0.05) is 13.8 Å². The SMILES string of the molecule is COc1cc2sc(C(=O)C[C@H](C)C(=O)O)cc2cc1CCCOc1cc2cc(C(=O)C[C@H](C)C(C)=O)sc2cc1OC. The van der Waals surface area contributed by atoms with Gasteiger partial charge in [0.25, 0.3) is 0 Å². The molecule has 10 heteroatoms. The standard InChI is InChI=1S/C32H34O8S2/c1-17(19(3)33)9-23(34)31-14-22-12-27(26(39-5)16-29(22)42-31)40-8-6-7-20-11-21-13-30(24(35)10-18(2)32(36)37)41-28(21)15-25(20)38-4/h11-18H,6-10H2,1-5H3,(H,36,37)/t17-,18-/m0/s1. The van der Waals surface area contributed by atoms with Gasteiger partial charge in [-0.05, 0) is 66.4 Å². The molecule has 42 heavy (non-hydrogen) atoms. The number of fused-ring (bicyclic) bond motifs is 2. The zero-order chi connectivity index (χ0) is 30.6. The summed E-state index contributed by atoms with van der Waals surface area (Å²) in [4.78, 5) is 49.2. The molecule has 0 aliphatic carbocycles. The highest BCUT2D eigenvalue weighted by molar-refractivity contribution is 7.21. The number of ketones is 3. The fourth-order valence-electron chi connectivity index (χ4n) is 4.53. The fraction of sp³-hybridized carbons (Fsp3) is 0.375. The molecule has 0 saturated heterocycles. The molecule has 0 fully saturated rings. The van der Waals surface area contributed by atoms with Gasteiger partial charge in [0.2, 0.25) is 0 Å². The van der Waals surface area contributed by atoms with Crippen LogP contribution >= 0.6 is 22.7 Å². The van der Waals surface area contributed by atoms with Crippen LogP contribution < -0.4 is 14.2 Å². The van der Waals surface area contributed by atoms with E-state index in [1.165, 1.54) is 36.5 Å². The second-order valence-corrected chi connectivity index (χ2v) is 12.6. The first-order valence-electron chi connectivity index (χ1n) is 13.6. The van der Waals surface area contributed by atoms with Crippen LogP contribution in [0.1, 0.15) is 64.9 Å². The molecule has 0 unspecified atom stereocenters. The number of hydrogen-bond donors (Lipinski definition) is 1. The van der Waals surface area contributed by atoms with Gasteiger partial charge < -0.3 is 19.3 Å². The largest absolute Gasteiger partial charge is 0.496 e. The normalized spacial score (nSPS) is 12.7. The number of carboxylic acids is 1. The third-order valence-corrected chi connectivity index (χ3v) is 9.50.